The standard InChI is InChI=1S/C12H23N3O2/c1-10-8-15(6-5-7-16-3)12(13-10)14-11(2)9-17-4/h8,11H,5-7,9H2,1-4H3,(H,13,14). The van der Waals surface area contributed by atoms with E-state index in [-0.39, 0.29) is 6.04 Å². The minimum atomic E-state index is 0.253. The third-order valence-corrected chi connectivity index (χ3v) is 2.44. The number of methoxy groups -OCH3 is 2. The maximum atomic E-state index is 5.10. The van der Waals surface area contributed by atoms with Gasteiger partial charge in [-0.1, -0.05) is 0 Å². The van der Waals surface area contributed by atoms with Crippen LogP contribution in [0.5, 0.6) is 0 Å². The van der Waals surface area contributed by atoms with Gasteiger partial charge in [0.15, 0.2) is 0 Å². The van der Waals surface area contributed by atoms with Gasteiger partial charge in [-0.3, -0.25) is 0 Å². The molecule has 0 bridgehead atoms. The van der Waals surface area contributed by atoms with E-state index in [4.69, 9.17) is 9.47 Å². The van der Waals surface area contributed by atoms with Crippen molar-refractivity contribution >= 4 is 5.95 Å². The van der Waals surface area contributed by atoms with Crippen LogP contribution in [-0.2, 0) is 16.0 Å². The average Bonchev–Trinajstić information content (AvgIpc) is 2.60. The predicted molar refractivity (Wildman–Crippen MR) is 68.4 cm³/mol. The molecule has 1 rings (SSSR count). The molecule has 5 heteroatoms. The number of rotatable bonds is 8. The predicted octanol–water partition coefficient (Wildman–Crippen LogP) is 1.67. The van der Waals surface area contributed by atoms with Gasteiger partial charge >= 0.3 is 0 Å². The van der Waals surface area contributed by atoms with Crippen molar-refractivity contribution in [2.24, 2.45) is 0 Å². The van der Waals surface area contributed by atoms with Crippen LogP contribution in [0, 0.1) is 6.92 Å². The maximum Gasteiger partial charge on any atom is 0.203 e. The summed E-state index contributed by atoms with van der Waals surface area (Å²) in [6.45, 7) is 6.43. The Labute approximate surface area is 103 Å². The fourth-order valence-corrected chi connectivity index (χ4v) is 1.72. The van der Waals surface area contributed by atoms with Gasteiger partial charge in [0.2, 0.25) is 5.95 Å². The fraction of sp³-hybridized carbons (Fsp3) is 0.750. The molecule has 1 N–H and O–H groups in total. The summed E-state index contributed by atoms with van der Waals surface area (Å²) in [6, 6.07) is 0.253. The summed E-state index contributed by atoms with van der Waals surface area (Å²) in [5.41, 5.74) is 1.02. The molecule has 1 heterocycles. The van der Waals surface area contributed by atoms with Crippen LogP contribution in [0.15, 0.2) is 6.20 Å². The lowest BCUT2D eigenvalue weighted by atomic mass is 10.4. The molecule has 0 saturated heterocycles. The van der Waals surface area contributed by atoms with Crippen molar-refractivity contribution in [1.29, 1.82) is 0 Å². The van der Waals surface area contributed by atoms with Crippen LogP contribution in [0.1, 0.15) is 19.0 Å². The molecule has 1 aromatic rings. The third-order valence-electron chi connectivity index (χ3n) is 2.44. The Morgan fingerprint density at radius 3 is 2.82 bits per heavy atom. The van der Waals surface area contributed by atoms with Crippen molar-refractivity contribution in [2.75, 3.05) is 32.8 Å². The molecule has 0 aliphatic carbocycles. The molecule has 0 aliphatic heterocycles. The number of aryl methyl sites for hydroxylation is 2. The monoisotopic (exact) mass is 241 g/mol. The van der Waals surface area contributed by atoms with Crippen molar-refractivity contribution in [3.05, 3.63) is 11.9 Å². The second-order valence-electron chi connectivity index (χ2n) is 4.25. The quantitative estimate of drug-likeness (QED) is 0.703. The van der Waals surface area contributed by atoms with Gasteiger partial charge in [0.05, 0.1) is 12.3 Å². The molecule has 0 saturated carbocycles. The first-order chi connectivity index (χ1) is 8.17. The average molecular weight is 241 g/mol. The van der Waals surface area contributed by atoms with Crippen LogP contribution in [0.3, 0.4) is 0 Å². The summed E-state index contributed by atoms with van der Waals surface area (Å²) in [7, 11) is 3.42. The van der Waals surface area contributed by atoms with Crippen LogP contribution < -0.4 is 5.32 Å². The van der Waals surface area contributed by atoms with E-state index in [1.807, 2.05) is 6.92 Å². The Hall–Kier alpha value is -1.07. The summed E-state index contributed by atoms with van der Waals surface area (Å²) >= 11 is 0. The number of imidazole rings is 1. The number of anilines is 1. The van der Waals surface area contributed by atoms with Gasteiger partial charge in [0, 0.05) is 39.6 Å². The Bertz CT molecular complexity index is 326. The molecule has 0 radical (unpaired) electrons. The van der Waals surface area contributed by atoms with Gasteiger partial charge in [-0.2, -0.15) is 0 Å². The lowest BCUT2D eigenvalue weighted by Gasteiger charge is -2.15. The van der Waals surface area contributed by atoms with Gasteiger partial charge in [-0.15, -0.1) is 0 Å². The Morgan fingerprint density at radius 1 is 1.41 bits per heavy atom. The smallest absolute Gasteiger partial charge is 0.203 e. The molecule has 0 aliphatic rings. The zero-order valence-electron chi connectivity index (χ0n) is 11.2. The van der Waals surface area contributed by atoms with E-state index in [2.05, 4.69) is 28.0 Å². The highest BCUT2D eigenvalue weighted by Gasteiger charge is 2.08. The van der Waals surface area contributed by atoms with Gasteiger partial charge in [-0.25, -0.2) is 4.98 Å². The zero-order valence-corrected chi connectivity index (χ0v) is 11.2. The van der Waals surface area contributed by atoms with Gasteiger partial charge < -0.3 is 19.4 Å². The maximum absolute atomic E-state index is 5.10. The lowest BCUT2D eigenvalue weighted by Crippen LogP contribution is -2.23. The van der Waals surface area contributed by atoms with E-state index >= 15 is 0 Å². The number of ether oxygens (including phenoxy) is 2. The number of aromatic nitrogens is 2. The van der Waals surface area contributed by atoms with E-state index in [9.17, 15) is 0 Å². The highest BCUT2D eigenvalue weighted by Crippen LogP contribution is 2.10. The molecule has 17 heavy (non-hydrogen) atoms. The second kappa shape index (κ2) is 7.29. The summed E-state index contributed by atoms with van der Waals surface area (Å²) in [4.78, 5) is 4.47. The normalized spacial score (nSPS) is 12.7. The molecule has 1 unspecified atom stereocenters. The summed E-state index contributed by atoms with van der Waals surface area (Å²) < 4.78 is 12.3. The molecular weight excluding hydrogens is 218 g/mol. The van der Waals surface area contributed by atoms with Gasteiger partial charge in [0.25, 0.3) is 0 Å². The van der Waals surface area contributed by atoms with Crippen molar-refractivity contribution in [1.82, 2.24) is 9.55 Å². The SMILES string of the molecule is COCCCn1cc(C)nc1NC(C)COC. The third kappa shape index (κ3) is 4.75. The van der Waals surface area contributed by atoms with Gasteiger partial charge in [-0.05, 0) is 20.3 Å². The molecule has 0 fully saturated rings. The minimum absolute atomic E-state index is 0.253. The molecule has 5 nitrogen and oxygen atoms in total. The van der Waals surface area contributed by atoms with E-state index in [0.717, 1.165) is 31.2 Å². The number of hydrogen-bond acceptors (Lipinski definition) is 4. The summed E-state index contributed by atoms with van der Waals surface area (Å²) in [6.07, 6.45) is 3.04. The first-order valence-corrected chi connectivity index (χ1v) is 5.95. The Balaban J connectivity index is 2.57. The van der Waals surface area contributed by atoms with Crippen LogP contribution in [0.4, 0.5) is 5.95 Å². The first-order valence-electron chi connectivity index (χ1n) is 5.95. The summed E-state index contributed by atoms with van der Waals surface area (Å²) in [5.74, 6) is 0.906. The number of nitrogens with one attached hydrogen (secondary N) is 1. The van der Waals surface area contributed by atoms with Crippen molar-refractivity contribution in [2.45, 2.75) is 32.9 Å². The largest absolute Gasteiger partial charge is 0.385 e. The fourth-order valence-electron chi connectivity index (χ4n) is 1.72. The number of hydrogen-bond donors (Lipinski definition) is 1. The lowest BCUT2D eigenvalue weighted by molar-refractivity contribution is 0.188. The van der Waals surface area contributed by atoms with E-state index in [1.165, 1.54) is 0 Å². The summed E-state index contributed by atoms with van der Waals surface area (Å²) in [5, 5.41) is 3.35. The topological polar surface area (TPSA) is 48.3 Å². The van der Waals surface area contributed by atoms with E-state index < -0.39 is 0 Å². The van der Waals surface area contributed by atoms with Crippen LogP contribution in [0.25, 0.3) is 0 Å². The molecule has 98 valence electrons. The second-order valence-corrected chi connectivity index (χ2v) is 4.25. The van der Waals surface area contributed by atoms with E-state index in [1.54, 1.807) is 14.2 Å². The molecule has 1 aromatic heterocycles. The van der Waals surface area contributed by atoms with Crippen LogP contribution in [-0.4, -0.2) is 43.0 Å². The van der Waals surface area contributed by atoms with Crippen molar-refractivity contribution < 1.29 is 9.47 Å². The molecular formula is C12H23N3O2. The molecule has 0 aromatic carbocycles. The van der Waals surface area contributed by atoms with Gasteiger partial charge in [0.1, 0.15) is 0 Å². The van der Waals surface area contributed by atoms with E-state index in [0.29, 0.717) is 6.61 Å². The van der Waals surface area contributed by atoms with Crippen LogP contribution in [0.2, 0.25) is 0 Å². The van der Waals surface area contributed by atoms with Crippen molar-refractivity contribution in [3.8, 4) is 0 Å². The van der Waals surface area contributed by atoms with Crippen molar-refractivity contribution in [3.63, 3.8) is 0 Å². The molecule has 1 atom stereocenters. The Kier molecular flexibility index (Phi) is 6.00. The van der Waals surface area contributed by atoms with Crippen LogP contribution >= 0.6 is 0 Å². The zero-order chi connectivity index (χ0) is 12.7. The number of nitrogens with zero attached hydrogens (tertiary/aromatic N) is 2. The molecule has 0 amide bonds. The minimum Gasteiger partial charge on any atom is -0.385 e. The Morgan fingerprint density at radius 2 is 2.18 bits per heavy atom. The highest BCUT2D eigenvalue weighted by atomic mass is 16.5. The molecule has 0 spiro atoms. The first kappa shape index (κ1) is 14.0. The highest BCUT2D eigenvalue weighted by molar-refractivity contribution is 5.29.